The Morgan fingerprint density at radius 3 is 2.82 bits per heavy atom. The molecule has 2 aliphatic rings. The van der Waals surface area contributed by atoms with Gasteiger partial charge in [0.15, 0.2) is 0 Å². The summed E-state index contributed by atoms with van der Waals surface area (Å²) in [6.07, 6.45) is 11.0. The molecular weight excluding hydrogens is 414 g/mol. The molecule has 2 amide bonds. The molecule has 1 aliphatic carbocycles. The predicted octanol–water partition coefficient (Wildman–Crippen LogP) is 5.25. The van der Waals surface area contributed by atoms with Crippen LogP contribution < -0.4 is 5.32 Å². The first-order valence-electron chi connectivity index (χ1n) is 11.7. The highest BCUT2D eigenvalue weighted by Gasteiger charge is 2.43. The summed E-state index contributed by atoms with van der Waals surface area (Å²) >= 11 is 0. The Morgan fingerprint density at radius 1 is 1.24 bits per heavy atom. The third kappa shape index (κ3) is 4.06. The van der Waals surface area contributed by atoms with Crippen LogP contribution in [0.25, 0.3) is 17.0 Å². The number of amides is 2. The number of benzene rings is 1. The quantitative estimate of drug-likeness (QED) is 0.559. The van der Waals surface area contributed by atoms with Crippen LogP contribution in [0.2, 0.25) is 0 Å². The average Bonchev–Trinajstić information content (AvgIpc) is 3.14. The SMILES string of the molecule is Cc1c(CN(C)C(=O)/C=C/c2cnc3c(c2)CC2(CCCCC2)C(=O)N3)oc2ccccc12. The van der Waals surface area contributed by atoms with E-state index in [9.17, 15) is 9.59 Å². The molecule has 1 spiro atoms. The van der Waals surface area contributed by atoms with E-state index in [1.54, 1.807) is 30.3 Å². The molecule has 33 heavy (non-hydrogen) atoms. The largest absolute Gasteiger partial charge is 0.459 e. The van der Waals surface area contributed by atoms with Gasteiger partial charge in [0.05, 0.1) is 12.0 Å². The summed E-state index contributed by atoms with van der Waals surface area (Å²) in [6.45, 7) is 2.42. The molecular formula is C27H29N3O3. The molecule has 5 rings (SSSR count). The van der Waals surface area contributed by atoms with Crippen LogP contribution in [-0.2, 0) is 22.6 Å². The second kappa shape index (κ2) is 8.50. The molecule has 170 valence electrons. The number of rotatable bonds is 4. The van der Waals surface area contributed by atoms with Gasteiger partial charge in [-0.05, 0) is 55.5 Å². The topological polar surface area (TPSA) is 75.4 Å². The number of likely N-dealkylation sites (N-methyl/N-ethyl adjacent to an activating group) is 1. The summed E-state index contributed by atoms with van der Waals surface area (Å²) in [7, 11) is 1.77. The molecule has 1 saturated carbocycles. The minimum absolute atomic E-state index is 0.107. The number of carbonyl (C=O) groups is 2. The van der Waals surface area contributed by atoms with Gasteiger partial charge in [0.2, 0.25) is 11.8 Å². The van der Waals surface area contributed by atoms with Gasteiger partial charge in [-0.25, -0.2) is 4.98 Å². The monoisotopic (exact) mass is 443 g/mol. The lowest BCUT2D eigenvalue weighted by atomic mass is 9.68. The number of hydrogen-bond acceptors (Lipinski definition) is 4. The van der Waals surface area contributed by atoms with Gasteiger partial charge < -0.3 is 14.6 Å². The van der Waals surface area contributed by atoms with Crippen LogP contribution in [-0.4, -0.2) is 28.7 Å². The molecule has 0 bridgehead atoms. The molecule has 2 aromatic heterocycles. The predicted molar refractivity (Wildman–Crippen MR) is 129 cm³/mol. The van der Waals surface area contributed by atoms with Crippen molar-refractivity contribution in [1.29, 1.82) is 0 Å². The number of aromatic nitrogens is 1. The standard InChI is InChI=1S/C27H29N3O3/c1-18-21-8-4-5-9-22(21)33-23(18)17-30(2)24(31)11-10-19-14-20-15-27(12-6-3-7-13-27)26(32)29-25(20)28-16-19/h4-5,8-11,14,16H,3,6-7,12-13,15,17H2,1-2H3,(H,28,29,32)/b11-10+. The van der Waals surface area contributed by atoms with Gasteiger partial charge in [-0.3, -0.25) is 9.59 Å². The number of carbonyl (C=O) groups excluding carboxylic acids is 2. The molecule has 3 heterocycles. The Kier molecular flexibility index (Phi) is 5.52. The fourth-order valence-electron chi connectivity index (χ4n) is 5.15. The van der Waals surface area contributed by atoms with Gasteiger partial charge >= 0.3 is 0 Å². The van der Waals surface area contributed by atoms with Crippen LogP contribution in [0, 0.1) is 12.3 Å². The summed E-state index contributed by atoms with van der Waals surface area (Å²) in [5, 5.41) is 4.09. The van der Waals surface area contributed by atoms with Crippen LogP contribution >= 0.6 is 0 Å². The van der Waals surface area contributed by atoms with Crippen molar-refractivity contribution >= 4 is 34.7 Å². The number of nitrogens with zero attached hydrogens (tertiary/aromatic N) is 2. The third-order valence-corrected chi connectivity index (χ3v) is 7.16. The van der Waals surface area contributed by atoms with Gasteiger partial charge in [-0.15, -0.1) is 0 Å². The normalized spacial score (nSPS) is 17.3. The van der Waals surface area contributed by atoms with Crippen molar-refractivity contribution in [2.45, 2.75) is 52.0 Å². The van der Waals surface area contributed by atoms with E-state index in [1.807, 2.05) is 37.3 Å². The Morgan fingerprint density at radius 2 is 2.03 bits per heavy atom. The fraction of sp³-hybridized carbons (Fsp3) is 0.370. The van der Waals surface area contributed by atoms with Gasteiger partial charge in [0.25, 0.3) is 0 Å². The molecule has 6 nitrogen and oxygen atoms in total. The molecule has 1 fully saturated rings. The smallest absolute Gasteiger partial charge is 0.246 e. The molecule has 1 aromatic carbocycles. The van der Waals surface area contributed by atoms with Crippen LogP contribution in [0.3, 0.4) is 0 Å². The maximum Gasteiger partial charge on any atom is 0.246 e. The summed E-state index contributed by atoms with van der Waals surface area (Å²) in [4.78, 5) is 31.6. The zero-order chi connectivity index (χ0) is 23.0. The summed E-state index contributed by atoms with van der Waals surface area (Å²) in [6, 6.07) is 9.95. The highest BCUT2D eigenvalue weighted by atomic mass is 16.3. The number of para-hydroxylation sites is 1. The van der Waals surface area contributed by atoms with Crippen molar-refractivity contribution in [2.24, 2.45) is 5.41 Å². The minimum Gasteiger partial charge on any atom is -0.459 e. The summed E-state index contributed by atoms with van der Waals surface area (Å²) < 4.78 is 5.95. The van der Waals surface area contributed by atoms with Crippen LogP contribution in [0.15, 0.2) is 47.0 Å². The van der Waals surface area contributed by atoms with Gasteiger partial charge in [-0.2, -0.15) is 0 Å². The van der Waals surface area contributed by atoms with E-state index < -0.39 is 0 Å². The molecule has 0 unspecified atom stereocenters. The molecule has 0 atom stereocenters. The number of hydrogen-bond donors (Lipinski definition) is 1. The Balaban J connectivity index is 1.29. The van der Waals surface area contributed by atoms with E-state index in [2.05, 4.69) is 10.3 Å². The van der Waals surface area contributed by atoms with Gasteiger partial charge in [0.1, 0.15) is 17.2 Å². The van der Waals surface area contributed by atoms with E-state index in [1.165, 1.54) is 6.42 Å². The van der Waals surface area contributed by atoms with E-state index in [0.717, 1.165) is 65.5 Å². The lowest BCUT2D eigenvalue weighted by Gasteiger charge is -2.39. The highest BCUT2D eigenvalue weighted by Crippen LogP contribution is 2.44. The van der Waals surface area contributed by atoms with Crippen molar-refractivity contribution in [1.82, 2.24) is 9.88 Å². The molecule has 3 aromatic rings. The Hall–Kier alpha value is -3.41. The van der Waals surface area contributed by atoms with Crippen molar-refractivity contribution in [3.63, 3.8) is 0 Å². The average molecular weight is 444 g/mol. The Labute approximate surface area is 193 Å². The zero-order valence-electron chi connectivity index (χ0n) is 19.2. The lowest BCUT2D eigenvalue weighted by Crippen LogP contribution is -2.43. The van der Waals surface area contributed by atoms with Crippen LogP contribution in [0.1, 0.15) is 54.6 Å². The first-order chi connectivity index (χ1) is 15.9. The van der Waals surface area contributed by atoms with Crippen molar-refractivity contribution in [2.75, 3.05) is 12.4 Å². The van der Waals surface area contributed by atoms with Crippen LogP contribution in [0.4, 0.5) is 5.82 Å². The van der Waals surface area contributed by atoms with E-state index in [-0.39, 0.29) is 17.2 Å². The number of nitrogens with one attached hydrogen (secondary N) is 1. The second-order valence-corrected chi connectivity index (χ2v) is 9.42. The Bertz CT molecular complexity index is 1250. The van der Waals surface area contributed by atoms with Crippen LogP contribution in [0.5, 0.6) is 0 Å². The highest BCUT2D eigenvalue weighted by molar-refractivity contribution is 5.98. The summed E-state index contributed by atoms with van der Waals surface area (Å²) in [5.74, 6) is 1.45. The van der Waals surface area contributed by atoms with Crippen molar-refractivity contribution < 1.29 is 14.0 Å². The van der Waals surface area contributed by atoms with E-state index in [0.29, 0.717) is 12.4 Å². The number of furan rings is 1. The third-order valence-electron chi connectivity index (χ3n) is 7.16. The number of pyridine rings is 1. The second-order valence-electron chi connectivity index (χ2n) is 9.42. The molecule has 6 heteroatoms. The minimum atomic E-state index is -0.296. The number of aryl methyl sites for hydroxylation is 1. The molecule has 1 N–H and O–H groups in total. The van der Waals surface area contributed by atoms with E-state index >= 15 is 0 Å². The van der Waals surface area contributed by atoms with Gasteiger partial charge in [0, 0.05) is 30.3 Å². The van der Waals surface area contributed by atoms with E-state index in [4.69, 9.17) is 4.42 Å². The maximum absolute atomic E-state index is 12.7. The first-order valence-corrected chi connectivity index (χ1v) is 11.7. The molecule has 1 aliphatic heterocycles. The molecule has 0 radical (unpaired) electrons. The van der Waals surface area contributed by atoms with Crippen molar-refractivity contribution in [3.8, 4) is 0 Å². The number of fused-ring (bicyclic) bond motifs is 2. The van der Waals surface area contributed by atoms with Gasteiger partial charge in [-0.1, -0.05) is 37.5 Å². The summed E-state index contributed by atoms with van der Waals surface area (Å²) in [5.41, 5.74) is 3.52. The van der Waals surface area contributed by atoms with Crippen molar-refractivity contribution in [3.05, 3.63) is 65.1 Å². The first kappa shape index (κ1) is 21.4. The fourth-order valence-corrected chi connectivity index (χ4v) is 5.15. The number of anilines is 1. The zero-order valence-corrected chi connectivity index (χ0v) is 19.2. The molecule has 0 saturated heterocycles. The lowest BCUT2D eigenvalue weighted by molar-refractivity contribution is -0.128. The maximum atomic E-state index is 12.7.